The SMILES string of the molecule is CC(C)CCN(C(=O)c1cccc(-n2ncc(C#N)c2N)c1)C1CC1. The highest BCUT2D eigenvalue weighted by Crippen LogP contribution is 2.29. The lowest BCUT2D eigenvalue weighted by molar-refractivity contribution is 0.0735. The Balaban J connectivity index is 1.86. The second kappa shape index (κ2) is 6.98. The van der Waals surface area contributed by atoms with Crippen molar-refractivity contribution in [2.75, 3.05) is 12.3 Å². The Hall–Kier alpha value is -2.81. The van der Waals surface area contributed by atoms with Gasteiger partial charge in [-0.2, -0.15) is 10.4 Å². The molecule has 0 spiro atoms. The minimum Gasteiger partial charge on any atom is -0.382 e. The van der Waals surface area contributed by atoms with Crippen molar-refractivity contribution in [2.24, 2.45) is 5.92 Å². The maximum Gasteiger partial charge on any atom is 0.254 e. The summed E-state index contributed by atoms with van der Waals surface area (Å²) in [5.41, 5.74) is 7.59. The number of benzene rings is 1. The summed E-state index contributed by atoms with van der Waals surface area (Å²) in [5, 5.41) is 13.2. The first kappa shape index (κ1) is 17.0. The standard InChI is InChI=1S/C19H23N5O/c1-13(2)8-9-23(16-6-7-16)19(25)14-4-3-5-17(10-14)24-18(21)15(11-20)12-22-24/h3-5,10,12-13,16H,6-9,21H2,1-2H3. The summed E-state index contributed by atoms with van der Waals surface area (Å²) in [6, 6.07) is 9.64. The number of hydrogen-bond donors (Lipinski definition) is 1. The van der Waals surface area contributed by atoms with Gasteiger partial charge in [0, 0.05) is 18.2 Å². The molecule has 1 heterocycles. The second-order valence-corrected chi connectivity index (χ2v) is 6.93. The van der Waals surface area contributed by atoms with Crippen LogP contribution >= 0.6 is 0 Å². The van der Waals surface area contributed by atoms with Crippen LogP contribution in [0.5, 0.6) is 0 Å². The quantitative estimate of drug-likeness (QED) is 0.877. The van der Waals surface area contributed by atoms with Gasteiger partial charge in [-0.1, -0.05) is 19.9 Å². The monoisotopic (exact) mass is 337 g/mol. The number of carbonyl (C=O) groups is 1. The topological polar surface area (TPSA) is 87.9 Å². The van der Waals surface area contributed by atoms with Gasteiger partial charge in [-0.25, -0.2) is 4.68 Å². The van der Waals surface area contributed by atoms with E-state index in [2.05, 4.69) is 18.9 Å². The maximum atomic E-state index is 13.0. The van der Waals surface area contributed by atoms with Crippen molar-refractivity contribution in [1.82, 2.24) is 14.7 Å². The number of nitriles is 1. The molecule has 0 saturated heterocycles. The lowest BCUT2D eigenvalue weighted by Crippen LogP contribution is -2.34. The fourth-order valence-corrected chi connectivity index (χ4v) is 2.82. The van der Waals surface area contributed by atoms with Gasteiger partial charge in [0.05, 0.1) is 11.9 Å². The number of nitrogens with two attached hydrogens (primary N) is 1. The van der Waals surface area contributed by atoms with Gasteiger partial charge in [-0.05, 0) is 43.4 Å². The van der Waals surface area contributed by atoms with E-state index in [9.17, 15) is 4.79 Å². The van der Waals surface area contributed by atoms with Crippen molar-refractivity contribution in [3.63, 3.8) is 0 Å². The zero-order valence-corrected chi connectivity index (χ0v) is 14.6. The summed E-state index contributed by atoms with van der Waals surface area (Å²) in [6.45, 7) is 5.13. The zero-order valence-electron chi connectivity index (χ0n) is 14.6. The Morgan fingerprint density at radius 2 is 2.24 bits per heavy atom. The molecule has 1 saturated carbocycles. The number of nitrogens with zero attached hydrogens (tertiary/aromatic N) is 4. The van der Waals surface area contributed by atoms with Crippen LogP contribution in [-0.4, -0.2) is 33.2 Å². The van der Waals surface area contributed by atoms with Crippen molar-refractivity contribution in [2.45, 2.75) is 39.2 Å². The fraction of sp³-hybridized carbons (Fsp3) is 0.421. The normalized spacial score (nSPS) is 13.7. The average Bonchev–Trinajstić information content (AvgIpc) is 3.37. The molecule has 0 atom stereocenters. The number of nitrogen functional groups attached to an aromatic ring is 1. The van der Waals surface area contributed by atoms with E-state index in [1.54, 1.807) is 6.07 Å². The van der Waals surface area contributed by atoms with E-state index in [0.29, 0.717) is 28.8 Å². The predicted octanol–water partition coefficient (Wildman–Crippen LogP) is 2.98. The van der Waals surface area contributed by atoms with E-state index in [1.807, 2.05) is 29.2 Å². The first-order valence-corrected chi connectivity index (χ1v) is 8.66. The van der Waals surface area contributed by atoms with Crippen LogP contribution in [0.15, 0.2) is 30.5 Å². The Labute approximate surface area is 147 Å². The van der Waals surface area contributed by atoms with Crippen molar-refractivity contribution in [3.05, 3.63) is 41.6 Å². The first-order valence-electron chi connectivity index (χ1n) is 8.66. The molecule has 1 aromatic carbocycles. The number of amides is 1. The van der Waals surface area contributed by atoms with E-state index in [1.165, 1.54) is 10.9 Å². The van der Waals surface area contributed by atoms with Gasteiger partial charge in [0.25, 0.3) is 5.91 Å². The molecule has 130 valence electrons. The number of rotatable bonds is 6. The average molecular weight is 337 g/mol. The predicted molar refractivity (Wildman–Crippen MR) is 96.2 cm³/mol. The summed E-state index contributed by atoms with van der Waals surface area (Å²) in [7, 11) is 0. The Kier molecular flexibility index (Phi) is 4.75. The van der Waals surface area contributed by atoms with E-state index in [4.69, 9.17) is 11.0 Å². The number of anilines is 1. The highest BCUT2D eigenvalue weighted by Gasteiger charge is 2.32. The van der Waals surface area contributed by atoms with Crippen LogP contribution in [0.25, 0.3) is 5.69 Å². The summed E-state index contributed by atoms with van der Waals surface area (Å²) in [6.07, 6.45) is 4.60. The van der Waals surface area contributed by atoms with Gasteiger partial charge in [-0.3, -0.25) is 4.79 Å². The number of carbonyl (C=O) groups excluding carboxylic acids is 1. The van der Waals surface area contributed by atoms with E-state index in [0.717, 1.165) is 25.8 Å². The third-order valence-electron chi connectivity index (χ3n) is 4.46. The van der Waals surface area contributed by atoms with Crippen LogP contribution in [0.3, 0.4) is 0 Å². The van der Waals surface area contributed by atoms with E-state index >= 15 is 0 Å². The van der Waals surface area contributed by atoms with Gasteiger partial charge in [-0.15, -0.1) is 0 Å². The second-order valence-electron chi connectivity index (χ2n) is 6.93. The highest BCUT2D eigenvalue weighted by molar-refractivity contribution is 5.95. The molecule has 0 radical (unpaired) electrons. The minimum absolute atomic E-state index is 0.0521. The molecule has 0 aliphatic heterocycles. The Bertz CT molecular complexity index is 813. The van der Waals surface area contributed by atoms with Crippen molar-refractivity contribution >= 4 is 11.7 Å². The molecule has 6 heteroatoms. The maximum absolute atomic E-state index is 13.0. The fourth-order valence-electron chi connectivity index (χ4n) is 2.82. The minimum atomic E-state index is 0.0521. The van der Waals surface area contributed by atoms with Crippen molar-refractivity contribution in [3.8, 4) is 11.8 Å². The Morgan fingerprint density at radius 3 is 2.84 bits per heavy atom. The molecule has 1 amide bonds. The molecule has 25 heavy (non-hydrogen) atoms. The van der Waals surface area contributed by atoms with Crippen LogP contribution < -0.4 is 5.73 Å². The first-order chi connectivity index (χ1) is 12.0. The zero-order chi connectivity index (χ0) is 18.0. The van der Waals surface area contributed by atoms with Crippen LogP contribution in [0.1, 0.15) is 49.0 Å². The lowest BCUT2D eigenvalue weighted by Gasteiger charge is -2.23. The van der Waals surface area contributed by atoms with Crippen LogP contribution in [0.4, 0.5) is 5.82 Å². The largest absolute Gasteiger partial charge is 0.382 e. The molecule has 1 aromatic heterocycles. The molecule has 2 aromatic rings. The summed E-state index contributed by atoms with van der Waals surface area (Å²) in [4.78, 5) is 15.0. The molecule has 1 aliphatic carbocycles. The summed E-state index contributed by atoms with van der Waals surface area (Å²) < 4.78 is 1.49. The lowest BCUT2D eigenvalue weighted by atomic mass is 10.1. The smallest absolute Gasteiger partial charge is 0.254 e. The molecule has 0 unspecified atom stereocenters. The van der Waals surface area contributed by atoms with Crippen LogP contribution in [0.2, 0.25) is 0 Å². The summed E-state index contributed by atoms with van der Waals surface area (Å²) >= 11 is 0. The molecule has 2 N–H and O–H groups in total. The van der Waals surface area contributed by atoms with Gasteiger partial charge >= 0.3 is 0 Å². The van der Waals surface area contributed by atoms with Crippen LogP contribution in [-0.2, 0) is 0 Å². The number of aromatic nitrogens is 2. The van der Waals surface area contributed by atoms with E-state index < -0.39 is 0 Å². The molecule has 1 aliphatic rings. The molecule has 6 nitrogen and oxygen atoms in total. The van der Waals surface area contributed by atoms with Gasteiger partial charge < -0.3 is 10.6 Å². The van der Waals surface area contributed by atoms with Gasteiger partial charge in [0.1, 0.15) is 17.5 Å². The summed E-state index contributed by atoms with van der Waals surface area (Å²) in [5.74, 6) is 0.899. The molecular weight excluding hydrogens is 314 g/mol. The molecule has 3 rings (SSSR count). The van der Waals surface area contributed by atoms with Crippen LogP contribution in [0, 0.1) is 17.2 Å². The van der Waals surface area contributed by atoms with Gasteiger partial charge in [0.2, 0.25) is 0 Å². The third kappa shape index (κ3) is 3.66. The molecular formula is C19H23N5O. The van der Waals surface area contributed by atoms with E-state index in [-0.39, 0.29) is 11.7 Å². The highest BCUT2D eigenvalue weighted by atomic mass is 16.2. The van der Waals surface area contributed by atoms with Gasteiger partial charge in [0.15, 0.2) is 0 Å². The Morgan fingerprint density at radius 1 is 1.48 bits per heavy atom. The van der Waals surface area contributed by atoms with Crippen molar-refractivity contribution < 1.29 is 4.79 Å². The molecule has 0 bridgehead atoms. The van der Waals surface area contributed by atoms with Crippen molar-refractivity contribution in [1.29, 1.82) is 5.26 Å². The number of hydrogen-bond acceptors (Lipinski definition) is 4. The third-order valence-corrected chi connectivity index (χ3v) is 4.46. The molecule has 1 fully saturated rings.